The molecule has 0 aliphatic rings. The molecule has 0 aliphatic carbocycles. The van der Waals surface area contributed by atoms with Crippen LogP contribution in [0.15, 0.2) is 182 Å². The van der Waals surface area contributed by atoms with E-state index in [-0.39, 0.29) is 0 Å². The fourth-order valence-corrected chi connectivity index (χ4v) is 9.72. The van der Waals surface area contributed by atoms with Crippen LogP contribution in [0.2, 0.25) is 0 Å². The highest BCUT2D eigenvalue weighted by Gasteiger charge is 2.24. The molecule has 4 nitrogen and oxygen atoms in total. The van der Waals surface area contributed by atoms with E-state index in [1.165, 1.54) is 76.1 Å². The van der Waals surface area contributed by atoms with Gasteiger partial charge in [-0.05, 0) is 41.1 Å². The summed E-state index contributed by atoms with van der Waals surface area (Å²) < 4.78 is 5.01. The predicted octanol–water partition coefficient (Wildman–Crippen LogP) is 13.5. The fourth-order valence-electron chi connectivity index (χ4n) is 9.72. The Kier molecular flexibility index (Phi) is 5.86. The summed E-state index contributed by atoms with van der Waals surface area (Å²) >= 11 is 0. The molecule has 4 aromatic heterocycles. The highest BCUT2D eigenvalue weighted by atomic mass is 15.0. The van der Waals surface area contributed by atoms with Gasteiger partial charge < -0.3 is 8.97 Å². The molecule has 0 atom stereocenters. The molecule has 0 saturated carbocycles. The molecule has 9 aromatic carbocycles. The fraction of sp³-hybridized carbons (Fsp3) is 0. The van der Waals surface area contributed by atoms with Crippen LogP contribution < -0.4 is 0 Å². The summed E-state index contributed by atoms with van der Waals surface area (Å²) in [6.45, 7) is 0. The number of aromatic nitrogens is 4. The van der Waals surface area contributed by atoms with Gasteiger partial charge in [-0.15, -0.1) is 0 Å². The Morgan fingerprint density at radius 3 is 1.91 bits per heavy atom. The second-order valence-corrected chi connectivity index (χ2v) is 14.9. The third-order valence-electron chi connectivity index (χ3n) is 12.0. The number of benzene rings is 9. The van der Waals surface area contributed by atoms with Crippen LogP contribution in [0.1, 0.15) is 0 Å². The highest BCUT2D eigenvalue weighted by Crippen LogP contribution is 2.47. The molecular weight excluding hydrogens is 681 g/mol. The number of rotatable bonds is 3. The van der Waals surface area contributed by atoms with Crippen molar-refractivity contribution < 1.29 is 0 Å². The average molecular weight is 711 g/mol. The minimum atomic E-state index is 0.725. The van der Waals surface area contributed by atoms with E-state index in [9.17, 15) is 0 Å². The minimum Gasteiger partial charge on any atom is -0.308 e. The maximum atomic E-state index is 5.30. The lowest BCUT2D eigenvalue weighted by atomic mass is 9.97. The van der Waals surface area contributed by atoms with E-state index in [0.29, 0.717) is 0 Å². The van der Waals surface area contributed by atoms with Crippen molar-refractivity contribution in [1.29, 1.82) is 0 Å². The SMILES string of the molecule is c1ccc(-c2nc(-c3ccc(-n4c5ccc6c(c7cccc8c9ccccc9n6c87)c5c5ccc6ccccc6c54)c4ccccc34)c3ccccc3n2)cc1. The van der Waals surface area contributed by atoms with Crippen molar-refractivity contribution >= 4 is 92.3 Å². The maximum absolute atomic E-state index is 5.30. The Hall–Kier alpha value is -7.56. The molecule has 0 bridgehead atoms. The molecule has 4 heteroatoms. The zero-order chi connectivity index (χ0) is 36.5. The van der Waals surface area contributed by atoms with Crippen LogP contribution in [-0.2, 0) is 0 Å². The second-order valence-electron chi connectivity index (χ2n) is 14.9. The van der Waals surface area contributed by atoms with E-state index in [1.807, 2.05) is 18.2 Å². The highest BCUT2D eigenvalue weighted by molar-refractivity contribution is 6.34. The van der Waals surface area contributed by atoms with E-state index < -0.39 is 0 Å². The topological polar surface area (TPSA) is 35.1 Å². The standard InChI is InChI=1S/C52H30N4/c1-2-14-32(15-3-1)52-53-42-23-10-8-20-39(42)49(54-52)37-27-28-44(35-18-7-6-17-34(35)37)56-46-30-29-45-47(48(46)41-26-25-31-13-4-5-16-33(31)50(41)56)40-22-12-21-38-36-19-9-11-24-43(36)55(45)51(38)40/h1-30H. The molecule has 13 aromatic rings. The van der Waals surface area contributed by atoms with Gasteiger partial charge in [0.2, 0.25) is 0 Å². The Morgan fingerprint density at radius 1 is 0.357 bits per heavy atom. The summed E-state index contributed by atoms with van der Waals surface area (Å²) in [5.74, 6) is 0.725. The van der Waals surface area contributed by atoms with Crippen molar-refractivity contribution in [3.8, 4) is 28.3 Å². The predicted molar refractivity (Wildman–Crippen MR) is 234 cm³/mol. The molecular formula is C52H30N4. The van der Waals surface area contributed by atoms with Crippen LogP contribution in [0.4, 0.5) is 0 Å². The molecule has 56 heavy (non-hydrogen) atoms. The molecule has 0 radical (unpaired) electrons. The molecule has 0 saturated heterocycles. The smallest absolute Gasteiger partial charge is 0.160 e. The Bertz CT molecular complexity index is 3760. The van der Waals surface area contributed by atoms with Crippen LogP contribution >= 0.6 is 0 Å². The van der Waals surface area contributed by atoms with Gasteiger partial charge in [0.1, 0.15) is 0 Å². The second kappa shape index (κ2) is 11.0. The van der Waals surface area contributed by atoms with Gasteiger partial charge >= 0.3 is 0 Å². The zero-order valence-electron chi connectivity index (χ0n) is 30.1. The summed E-state index contributed by atoms with van der Waals surface area (Å²) in [7, 11) is 0. The molecule has 0 amide bonds. The number of hydrogen-bond acceptors (Lipinski definition) is 2. The monoisotopic (exact) mass is 710 g/mol. The van der Waals surface area contributed by atoms with Crippen LogP contribution in [0.25, 0.3) is 121 Å². The molecule has 258 valence electrons. The van der Waals surface area contributed by atoms with Crippen molar-refractivity contribution in [2.45, 2.75) is 0 Å². The lowest BCUT2D eigenvalue weighted by molar-refractivity contribution is 1.20. The van der Waals surface area contributed by atoms with E-state index in [2.05, 4.69) is 173 Å². The number of fused-ring (bicyclic) bond motifs is 14. The van der Waals surface area contributed by atoms with Crippen molar-refractivity contribution in [2.75, 3.05) is 0 Å². The minimum absolute atomic E-state index is 0.725. The van der Waals surface area contributed by atoms with Crippen molar-refractivity contribution in [3.05, 3.63) is 182 Å². The summed E-state index contributed by atoms with van der Waals surface area (Å²) in [5, 5.41) is 13.5. The van der Waals surface area contributed by atoms with Gasteiger partial charge in [0.25, 0.3) is 0 Å². The molecule has 0 fully saturated rings. The summed E-state index contributed by atoms with van der Waals surface area (Å²) in [5.41, 5.74) is 11.3. The van der Waals surface area contributed by atoms with Gasteiger partial charge in [-0.25, -0.2) is 9.97 Å². The number of hydrogen-bond donors (Lipinski definition) is 0. The summed E-state index contributed by atoms with van der Waals surface area (Å²) in [4.78, 5) is 10.3. The van der Waals surface area contributed by atoms with Crippen LogP contribution in [0.3, 0.4) is 0 Å². The van der Waals surface area contributed by atoms with Crippen LogP contribution in [-0.4, -0.2) is 18.9 Å². The maximum Gasteiger partial charge on any atom is 0.160 e. The molecule has 0 spiro atoms. The third-order valence-corrected chi connectivity index (χ3v) is 12.0. The van der Waals surface area contributed by atoms with Gasteiger partial charge in [0.15, 0.2) is 5.82 Å². The van der Waals surface area contributed by atoms with Gasteiger partial charge in [-0.2, -0.15) is 0 Å². The lowest BCUT2D eigenvalue weighted by Crippen LogP contribution is -1.99. The zero-order valence-corrected chi connectivity index (χ0v) is 30.1. The van der Waals surface area contributed by atoms with Crippen LogP contribution in [0, 0.1) is 0 Å². The molecule has 0 N–H and O–H groups in total. The normalized spacial score (nSPS) is 12.3. The first-order valence-electron chi connectivity index (χ1n) is 19.2. The van der Waals surface area contributed by atoms with Crippen molar-refractivity contribution in [3.63, 3.8) is 0 Å². The molecule has 0 aliphatic heterocycles. The van der Waals surface area contributed by atoms with Crippen LogP contribution in [0.5, 0.6) is 0 Å². The van der Waals surface area contributed by atoms with Crippen molar-refractivity contribution in [1.82, 2.24) is 18.9 Å². The van der Waals surface area contributed by atoms with E-state index >= 15 is 0 Å². The molecule has 13 rings (SSSR count). The number of nitrogens with zero attached hydrogens (tertiary/aromatic N) is 4. The summed E-state index contributed by atoms with van der Waals surface area (Å²) in [6.07, 6.45) is 0. The molecule has 0 unspecified atom stereocenters. The quantitative estimate of drug-likeness (QED) is 0.183. The average Bonchev–Trinajstić information content (AvgIpc) is 3.91. The Labute approximate surface area is 320 Å². The van der Waals surface area contributed by atoms with Crippen molar-refractivity contribution in [2.24, 2.45) is 0 Å². The first kappa shape index (κ1) is 29.8. The van der Waals surface area contributed by atoms with E-state index in [1.54, 1.807) is 0 Å². The lowest BCUT2D eigenvalue weighted by Gasteiger charge is -2.16. The largest absolute Gasteiger partial charge is 0.308 e. The van der Waals surface area contributed by atoms with E-state index in [4.69, 9.17) is 9.97 Å². The third kappa shape index (κ3) is 3.87. The number of para-hydroxylation sites is 3. The van der Waals surface area contributed by atoms with Gasteiger partial charge in [-0.1, -0.05) is 152 Å². The van der Waals surface area contributed by atoms with Gasteiger partial charge in [0.05, 0.1) is 44.5 Å². The Morgan fingerprint density at radius 2 is 1.02 bits per heavy atom. The van der Waals surface area contributed by atoms with Gasteiger partial charge in [0, 0.05) is 59.6 Å². The molecule has 4 heterocycles. The Balaban J connectivity index is 1.17. The van der Waals surface area contributed by atoms with E-state index in [0.717, 1.165) is 44.6 Å². The first-order chi connectivity index (χ1) is 27.8. The summed E-state index contributed by atoms with van der Waals surface area (Å²) in [6, 6.07) is 65.8. The van der Waals surface area contributed by atoms with Gasteiger partial charge in [-0.3, -0.25) is 0 Å². The first-order valence-corrected chi connectivity index (χ1v) is 19.2.